The molecule has 0 fully saturated rings. The molecule has 4 heteroatoms. The average molecular weight is 329 g/mol. The molecule has 20 heavy (non-hydrogen) atoms. The molecule has 1 nitrogen and oxygen atoms in total. The number of hydrogen-bond acceptors (Lipinski definition) is 2. The van der Waals surface area contributed by atoms with Crippen LogP contribution in [0.2, 0.25) is 18.1 Å². The first-order valence-electron chi connectivity index (χ1n) is 7.01. The van der Waals surface area contributed by atoms with Gasteiger partial charge < -0.3 is 3.87 Å². The van der Waals surface area contributed by atoms with E-state index in [1.54, 1.807) is 0 Å². The van der Waals surface area contributed by atoms with E-state index in [-0.39, 0.29) is 5.41 Å². The molecule has 0 heterocycles. The summed E-state index contributed by atoms with van der Waals surface area (Å²) < 4.78 is 5.86. The highest BCUT2D eigenvalue weighted by atomic mass is 35.5. The first-order chi connectivity index (χ1) is 9.20. The molecule has 0 saturated heterocycles. The first-order valence-corrected chi connectivity index (χ1v) is 10.9. The van der Waals surface area contributed by atoms with Crippen molar-refractivity contribution in [2.24, 2.45) is 11.3 Å². The van der Waals surface area contributed by atoms with E-state index in [9.17, 15) is 0 Å². The monoisotopic (exact) mass is 328 g/mol. The number of hydrogen-bond donors (Lipinski definition) is 0. The molecule has 1 aromatic carbocycles. The zero-order chi connectivity index (χ0) is 15.3. The third-order valence-electron chi connectivity index (χ3n) is 3.23. The Balaban J connectivity index is 3.01. The summed E-state index contributed by atoms with van der Waals surface area (Å²) in [4.78, 5) is 1.19. The van der Waals surface area contributed by atoms with E-state index >= 15 is 0 Å². The Morgan fingerprint density at radius 2 is 1.80 bits per heavy atom. The highest BCUT2D eigenvalue weighted by Gasteiger charge is 2.19. The molecular formula is C16H25ClOSSi. The highest BCUT2D eigenvalue weighted by molar-refractivity contribution is 8.04. The van der Waals surface area contributed by atoms with Crippen LogP contribution in [0, 0.1) is 11.3 Å². The van der Waals surface area contributed by atoms with Gasteiger partial charge in [-0.1, -0.05) is 57.5 Å². The van der Waals surface area contributed by atoms with Gasteiger partial charge in [0.2, 0.25) is 0 Å². The highest BCUT2D eigenvalue weighted by Crippen LogP contribution is 2.35. The van der Waals surface area contributed by atoms with E-state index in [1.807, 2.05) is 12.1 Å². The zero-order valence-electron chi connectivity index (χ0n) is 13.2. The lowest BCUT2D eigenvalue weighted by atomic mass is 9.82. The van der Waals surface area contributed by atoms with E-state index in [4.69, 9.17) is 15.5 Å². The minimum Gasteiger partial charge on any atom is -0.358 e. The number of rotatable bonds is 5. The van der Waals surface area contributed by atoms with Crippen LogP contribution in [0.4, 0.5) is 0 Å². The molecule has 0 aliphatic carbocycles. The van der Waals surface area contributed by atoms with E-state index in [2.05, 4.69) is 59.0 Å². The van der Waals surface area contributed by atoms with Crippen LogP contribution < -0.4 is 0 Å². The van der Waals surface area contributed by atoms with Crippen LogP contribution in [0.15, 0.2) is 30.3 Å². The summed E-state index contributed by atoms with van der Waals surface area (Å²) in [6.45, 7) is 13.4. The Labute approximate surface area is 134 Å². The smallest absolute Gasteiger partial charge is 0.190 e. The lowest BCUT2D eigenvalue weighted by Gasteiger charge is -2.25. The number of benzene rings is 1. The Bertz CT molecular complexity index is 449. The molecule has 0 bridgehead atoms. The predicted octanol–water partition coefficient (Wildman–Crippen LogP) is 6.01. The van der Waals surface area contributed by atoms with Crippen molar-refractivity contribution in [1.29, 1.82) is 0 Å². The molecule has 0 saturated carbocycles. The topological polar surface area (TPSA) is 9.23 Å². The predicted molar refractivity (Wildman–Crippen MR) is 95.6 cm³/mol. The van der Waals surface area contributed by atoms with Crippen molar-refractivity contribution in [1.82, 2.24) is 0 Å². The summed E-state index contributed by atoms with van der Waals surface area (Å²) >= 11 is 7.48. The molecule has 1 rings (SSSR count). The molecule has 0 spiro atoms. The fourth-order valence-electron chi connectivity index (χ4n) is 1.41. The van der Waals surface area contributed by atoms with Crippen LogP contribution >= 0.6 is 23.6 Å². The maximum Gasteiger partial charge on any atom is 0.190 e. The van der Waals surface area contributed by atoms with Gasteiger partial charge in [0.1, 0.15) is 0 Å². The van der Waals surface area contributed by atoms with Crippen molar-refractivity contribution in [3.05, 3.63) is 40.9 Å². The van der Waals surface area contributed by atoms with Crippen molar-refractivity contribution in [2.45, 2.75) is 40.8 Å². The van der Waals surface area contributed by atoms with Crippen LogP contribution in [-0.2, 0) is 3.87 Å². The second kappa shape index (κ2) is 7.69. The molecule has 0 amide bonds. The third kappa shape index (κ3) is 6.04. The van der Waals surface area contributed by atoms with E-state index in [0.717, 1.165) is 5.02 Å². The molecule has 0 aliphatic heterocycles. The molecule has 0 N–H and O–H groups in total. The molecule has 0 aliphatic rings. The second-order valence-corrected chi connectivity index (χ2v) is 10.3. The first kappa shape index (κ1) is 17.8. The van der Waals surface area contributed by atoms with Gasteiger partial charge in [-0.3, -0.25) is 0 Å². The maximum absolute atomic E-state index is 5.97. The lowest BCUT2D eigenvalue weighted by molar-refractivity contribution is 0.315. The Hall–Kier alpha value is -0.223. The standard InChI is InChI=1S/C16H25ClOSSi/c1-12(16(2,3)4)11-15(19-18-20(5)6)13-7-9-14(17)10-8-13/h7-12,20H,1-6H3/t12-/m1/s1. The molecule has 112 valence electrons. The number of allylic oxidation sites excluding steroid dienone is 1. The van der Waals surface area contributed by atoms with Crippen LogP contribution in [0.5, 0.6) is 0 Å². The molecule has 0 radical (unpaired) electrons. The van der Waals surface area contributed by atoms with Crippen LogP contribution in [0.1, 0.15) is 33.3 Å². The van der Waals surface area contributed by atoms with Crippen LogP contribution in [0.3, 0.4) is 0 Å². The fourth-order valence-corrected chi connectivity index (χ4v) is 3.21. The SMILES string of the molecule is C[C@H](C=C(SO[SiH](C)C)c1ccc(Cl)cc1)C(C)(C)C. The Morgan fingerprint density at radius 3 is 2.25 bits per heavy atom. The lowest BCUT2D eigenvalue weighted by Crippen LogP contribution is -2.15. The van der Waals surface area contributed by atoms with Gasteiger partial charge in [0.05, 0.1) is 0 Å². The summed E-state index contributed by atoms with van der Waals surface area (Å²) in [5.74, 6) is 0.470. The van der Waals surface area contributed by atoms with Crippen molar-refractivity contribution >= 4 is 37.6 Å². The normalized spacial score (nSPS) is 14.7. The third-order valence-corrected chi connectivity index (χ3v) is 5.95. The van der Waals surface area contributed by atoms with Crippen LogP contribution in [-0.4, -0.2) is 9.04 Å². The van der Waals surface area contributed by atoms with Crippen LogP contribution in [0.25, 0.3) is 4.91 Å². The van der Waals surface area contributed by atoms with Gasteiger partial charge in [0.15, 0.2) is 9.04 Å². The summed E-state index contributed by atoms with van der Waals surface area (Å²) in [5.41, 5.74) is 1.41. The van der Waals surface area contributed by atoms with Crippen molar-refractivity contribution in [3.8, 4) is 0 Å². The Kier molecular flexibility index (Phi) is 6.86. The van der Waals surface area contributed by atoms with Crippen molar-refractivity contribution < 1.29 is 3.87 Å². The van der Waals surface area contributed by atoms with Gasteiger partial charge in [0, 0.05) is 22.0 Å². The molecule has 1 atom stereocenters. The minimum absolute atomic E-state index is 0.244. The molecule has 0 unspecified atom stereocenters. The van der Waals surface area contributed by atoms with Gasteiger partial charge >= 0.3 is 0 Å². The van der Waals surface area contributed by atoms with Crippen molar-refractivity contribution in [2.75, 3.05) is 0 Å². The van der Waals surface area contributed by atoms with Gasteiger partial charge in [-0.2, -0.15) is 0 Å². The summed E-state index contributed by atoms with van der Waals surface area (Å²) in [7, 11) is -1.05. The molecular weight excluding hydrogens is 304 g/mol. The molecule has 0 aromatic heterocycles. The maximum atomic E-state index is 5.97. The fraction of sp³-hybridized carbons (Fsp3) is 0.500. The summed E-state index contributed by atoms with van der Waals surface area (Å²) in [6, 6.07) is 7.98. The van der Waals surface area contributed by atoms with E-state index in [1.165, 1.54) is 22.5 Å². The van der Waals surface area contributed by atoms with Gasteiger partial charge in [-0.15, -0.1) is 0 Å². The Morgan fingerprint density at radius 1 is 1.25 bits per heavy atom. The van der Waals surface area contributed by atoms with E-state index < -0.39 is 9.04 Å². The minimum atomic E-state index is -1.05. The largest absolute Gasteiger partial charge is 0.358 e. The van der Waals surface area contributed by atoms with E-state index in [0.29, 0.717) is 5.92 Å². The summed E-state index contributed by atoms with van der Waals surface area (Å²) in [5, 5.41) is 0.765. The van der Waals surface area contributed by atoms with Gasteiger partial charge in [0.25, 0.3) is 0 Å². The average Bonchev–Trinajstić information content (AvgIpc) is 2.34. The summed E-state index contributed by atoms with van der Waals surface area (Å²) in [6.07, 6.45) is 2.31. The zero-order valence-corrected chi connectivity index (χ0v) is 16.0. The van der Waals surface area contributed by atoms with Gasteiger partial charge in [-0.25, -0.2) is 0 Å². The molecule has 1 aromatic rings. The number of halogens is 1. The quantitative estimate of drug-likeness (QED) is 0.483. The van der Waals surface area contributed by atoms with Crippen molar-refractivity contribution in [3.63, 3.8) is 0 Å². The second-order valence-electron chi connectivity index (χ2n) is 6.42. The van der Waals surface area contributed by atoms with Gasteiger partial charge in [-0.05, 0) is 42.1 Å².